The molecule has 0 aliphatic heterocycles. The van der Waals surface area contributed by atoms with Gasteiger partial charge in [0.25, 0.3) is 0 Å². The van der Waals surface area contributed by atoms with E-state index in [1.165, 1.54) is 19.3 Å². The monoisotopic (exact) mass is 204 g/mol. The van der Waals surface area contributed by atoms with E-state index >= 15 is 0 Å². The van der Waals surface area contributed by atoms with E-state index in [0.717, 1.165) is 30.1 Å². The number of aliphatic hydroxyl groups excluding tert-OH is 1. The molecule has 2 fully saturated rings. The Bertz CT molecular complexity index is 313. The molecule has 0 saturated heterocycles. The van der Waals surface area contributed by atoms with Crippen molar-refractivity contribution >= 4 is 0 Å². The third kappa shape index (κ3) is 1.48. The summed E-state index contributed by atoms with van der Waals surface area (Å²) in [6.45, 7) is 1.88. The lowest BCUT2D eigenvalue weighted by molar-refractivity contribution is 0.197. The van der Waals surface area contributed by atoms with Gasteiger partial charge in [-0.05, 0) is 56.3 Å². The van der Waals surface area contributed by atoms with Crippen molar-refractivity contribution in [3.05, 3.63) is 23.8 Å². The fourth-order valence-electron chi connectivity index (χ4n) is 3.95. The van der Waals surface area contributed by atoms with Crippen LogP contribution in [0.2, 0.25) is 0 Å². The summed E-state index contributed by atoms with van der Waals surface area (Å²) >= 11 is 0. The van der Waals surface area contributed by atoms with Gasteiger partial charge in [0.05, 0.1) is 6.10 Å². The van der Waals surface area contributed by atoms with Gasteiger partial charge in [-0.15, -0.1) is 0 Å². The summed E-state index contributed by atoms with van der Waals surface area (Å²) in [6.07, 6.45) is 11.9. The van der Waals surface area contributed by atoms with Crippen LogP contribution < -0.4 is 0 Å². The summed E-state index contributed by atoms with van der Waals surface area (Å²) in [4.78, 5) is 0. The van der Waals surface area contributed by atoms with Crippen LogP contribution in [-0.4, -0.2) is 11.2 Å². The molecule has 2 saturated carbocycles. The molecule has 3 aliphatic rings. The van der Waals surface area contributed by atoms with Crippen LogP contribution in [-0.2, 0) is 0 Å². The van der Waals surface area contributed by atoms with E-state index in [1.54, 1.807) is 5.57 Å². The second-order valence-electron chi connectivity index (χ2n) is 5.58. The zero-order valence-electron chi connectivity index (χ0n) is 9.39. The molecule has 3 rings (SSSR count). The fraction of sp³-hybridized carbons (Fsp3) is 0.714. The molecule has 1 heteroatoms. The third-order valence-electron chi connectivity index (χ3n) is 4.57. The van der Waals surface area contributed by atoms with Crippen molar-refractivity contribution in [2.75, 3.05) is 0 Å². The number of hydrogen-bond acceptors (Lipinski definition) is 1. The number of aliphatic hydroxyl groups is 1. The molecule has 0 radical (unpaired) electrons. The van der Waals surface area contributed by atoms with Gasteiger partial charge >= 0.3 is 0 Å². The van der Waals surface area contributed by atoms with Crippen molar-refractivity contribution < 1.29 is 5.11 Å². The minimum Gasteiger partial charge on any atom is -0.393 e. The molecular formula is C14H20O. The molecule has 0 heterocycles. The van der Waals surface area contributed by atoms with Gasteiger partial charge in [-0.25, -0.2) is 0 Å². The highest BCUT2D eigenvalue weighted by Crippen LogP contribution is 2.58. The van der Waals surface area contributed by atoms with Crippen molar-refractivity contribution in [2.45, 2.75) is 38.7 Å². The summed E-state index contributed by atoms with van der Waals surface area (Å²) in [5, 5.41) is 9.31. The van der Waals surface area contributed by atoms with Crippen molar-refractivity contribution in [3.8, 4) is 0 Å². The van der Waals surface area contributed by atoms with E-state index < -0.39 is 0 Å². The van der Waals surface area contributed by atoms with E-state index in [-0.39, 0.29) is 6.10 Å². The van der Waals surface area contributed by atoms with Gasteiger partial charge in [0, 0.05) is 0 Å². The fourth-order valence-corrected chi connectivity index (χ4v) is 3.95. The Morgan fingerprint density at radius 3 is 3.27 bits per heavy atom. The SMILES string of the molecule is CC(O)C/C=C1\CC2CC1C1CC=CC21. The topological polar surface area (TPSA) is 20.2 Å². The van der Waals surface area contributed by atoms with Crippen molar-refractivity contribution in [2.24, 2.45) is 23.7 Å². The van der Waals surface area contributed by atoms with Crippen LogP contribution in [0.15, 0.2) is 23.8 Å². The summed E-state index contributed by atoms with van der Waals surface area (Å²) in [7, 11) is 0. The minimum atomic E-state index is -0.172. The van der Waals surface area contributed by atoms with E-state index in [2.05, 4.69) is 18.2 Å². The first kappa shape index (κ1) is 9.65. The predicted octanol–water partition coefficient (Wildman–Crippen LogP) is 2.92. The predicted molar refractivity (Wildman–Crippen MR) is 61.3 cm³/mol. The Morgan fingerprint density at radius 1 is 1.60 bits per heavy atom. The second kappa shape index (κ2) is 3.48. The molecule has 15 heavy (non-hydrogen) atoms. The van der Waals surface area contributed by atoms with E-state index in [0.29, 0.717) is 0 Å². The lowest BCUT2D eigenvalue weighted by atomic mass is 9.78. The van der Waals surface area contributed by atoms with Crippen LogP contribution in [0.5, 0.6) is 0 Å². The number of fused-ring (bicyclic) bond motifs is 5. The number of hydrogen-bond donors (Lipinski definition) is 1. The standard InChI is InChI=1S/C14H20O/c1-9(15)5-6-10-7-11-8-14(10)13-4-2-3-12(11)13/h2-3,6,9,11-15H,4-5,7-8H2,1H3/b10-6+. The molecular weight excluding hydrogens is 184 g/mol. The van der Waals surface area contributed by atoms with Crippen molar-refractivity contribution in [1.82, 2.24) is 0 Å². The normalized spacial score (nSPS) is 46.4. The molecule has 5 unspecified atom stereocenters. The maximum Gasteiger partial charge on any atom is 0.0546 e. The van der Waals surface area contributed by atoms with Crippen molar-refractivity contribution in [3.63, 3.8) is 0 Å². The smallest absolute Gasteiger partial charge is 0.0546 e. The highest BCUT2D eigenvalue weighted by Gasteiger charge is 2.49. The van der Waals surface area contributed by atoms with Crippen LogP contribution in [0.1, 0.15) is 32.6 Å². The molecule has 5 atom stereocenters. The maximum atomic E-state index is 9.31. The highest BCUT2D eigenvalue weighted by molar-refractivity contribution is 5.26. The lowest BCUT2D eigenvalue weighted by Gasteiger charge is -2.26. The van der Waals surface area contributed by atoms with Gasteiger partial charge in [0.1, 0.15) is 0 Å². The Labute approximate surface area is 91.9 Å². The molecule has 3 aliphatic carbocycles. The Hall–Kier alpha value is -0.560. The molecule has 1 N–H and O–H groups in total. The Kier molecular flexibility index (Phi) is 2.24. The van der Waals surface area contributed by atoms with E-state index in [4.69, 9.17) is 0 Å². The number of allylic oxidation sites excluding steroid dienone is 3. The average Bonchev–Trinajstić information content (AvgIpc) is 2.86. The van der Waals surface area contributed by atoms with Gasteiger partial charge in [-0.3, -0.25) is 0 Å². The van der Waals surface area contributed by atoms with Gasteiger partial charge < -0.3 is 5.11 Å². The molecule has 82 valence electrons. The van der Waals surface area contributed by atoms with E-state index in [1.807, 2.05) is 6.92 Å². The Morgan fingerprint density at radius 2 is 2.47 bits per heavy atom. The van der Waals surface area contributed by atoms with E-state index in [9.17, 15) is 5.11 Å². The van der Waals surface area contributed by atoms with Gasteiger partial charge in [-0.2, -0.15) is 0 Å². The zero-order valence-corrected chi connectivity index (χ0v) is 9.39. The van der Waals surface area contributed by atoms with Gasteiger partial charge in [-0.1, -0.05) is 23.8 Å². The van der Waals surface area contributed by atoms with Crippen LogP contribution in [0.25, 0.3) is 0 Å². The molecule has 0 aromatic rings. The highest BCUT2D eigenvalue weighted by atomic mass is 16.3. The average molecular weight is 204 g/mol. The second-order valence-corrected chi connectivity index (χ2v) is 5.58. The van der Waals surface area contributed by atoms with Crippen LogP contribution in [0, 0.1) is 23.7 Å². The molecule has 0 amide bonds. The summed E-state index contributed by atoms with van der Waals surface area (Å²) in [6, 6.07) is 0. The first-order chi connectivity index (χ1) is 7.25. The van der Waals surface area contributed by atoms with Crippen molar-refractivity contribution in [1.29, 1.82) is 0 Å². The Balaban J connectivity index is 1.74. The molecule has 0 aromatic carbocycles. The quantitative estimate of drug-likeness (QED) is 0.686. The number of rotatable bonds is 2. The first-order valence-corrected chi connectivity index (χ1v) is 6.29. The summed E-state index contributed by atoms with van der Waals surface area (Å²) in [5.41, 5.74) is 1.66. The first-order valence-electron chi connectivity index (χ1n) is 6.29. The third-order valence-corrected chi connectivity index (χ3v) is 4.57. The van der Waals surface area contributed by atoms with Gasteiger partial charge in [0.15, 0.2) is 0 Å². The molecule has 1 nitrogen and oxygen atoms in total. The van der Waals surface area contributed by atoms with Crippen LogP contribution in [0.3, 0.4) is 0 Å². The maximum absolute atomic E-state index is 9.31. The molecule has 0 spiro atoms. The summed E-state index contributed by atoms with van der Waals surface area (Å²) < 4.78 is 0. The molecule has 0 aromatic heterocycles. The lowest BCUT2D eigenvalue weighted by Crippen LogP contribution is -2.18. The largest absolute Gasteiger partial charge is 0.393 e. The molecule has 2 bridgehead atoms. The van der Waals surface area contributed by atoms with Crippen LogP contribution in [0.4, 0.5) is 0 Å². The minimum absolute atomic E-state index is 0.172. The van der Waals surface area contributed by atoms with Crippen LogP contribution >= 0.6 is 0 Å². The summed E-state index contributed by atoms with van der Waals surface area (Å²) in [5.74, 6) is 3.61. The van der Waals surface area contributed by atoms with Gasteiger partial charge in [0.2, 0.25) is 0 Å². The zero-order chi connectivity index (χ0) is 10.4.